The van der Waals surface area contributed by atoms with Gasteiger partial charge in [-0.25, -0.2) is 14.5 Å². The second-order valence-electron chi connectivity index (χ2n) is 3.76. The van der Waals surface area contributed by atoms with Crippen LogP contribution in [0.5, 0.6) is 0 Å². The average molecular weight is 235 g/mol. The number of hydrogen-bond donors (Lipinski definition) is 0. The lowest BCUT2D eigenvalue weighted by Gasteiger charge is -2.17. The number of carbonyl (C=O) groups excluding carboxylic acids is 2. The maximum atomic E-state index is 11.4. The van der Waals surface area contributed by atoms with Crippen molar-refractivity contribution in [1.29, 1.82) is 0 Å². The first kappa shape index (κ1) is 11.4. The fraction of sp³-hybridized carbons (Fsp3) is 0.333. The highest BCUT2D eigenvalue weighted by molar-refractivity contribution is 5.89. The smallest absolute Gasteiger partial charge is 0.419 e. The molecule has 1 aromatic carbocycles. The monoisotopic (exact) mass is 235 g/mol. The second-order valence-corrected chi connectivity index (χ2v) is 3.76. The van der Waals surface area contributed by atoms with Crippen molar-refractivity contribution < 1.29 is 19.1 Å². The summed E-state index contributed by atoms with van der Waals surface area (Å²) in [7, 11) is 1.24. The van der Waals surface area contributed by atoms with Crippen LogP contribution in [0.25, 0.3) is 0 Å². The molecule has 0 bridgehead atoms. The predicted octanol–water partition coefficient (Wildman–Crippen LogP) is 1.82. The third-order valence-electron chi connectivity index (χ3n) is 2.65. The average Bonchev–Trinajstić information content (AvgIpc) is 2.71. The molecule has 1 fully saturated rings. The maximum absolute atomic E-state index is 11.4. The highest BCUT2D eigenvalue weighted by atomic mass is 16.6. The van der Waals surface area contributed by atoms with Crippen LogP contribution in [0.3, 0.4) is 0 Å². The summed E-state index contributed by atoms with van der Waals surface area (Å²) >= 11 is 0. The van der Waals surface area contributed by atoms with Crippen LogP contribution in [0.15, 0.2) is 30.3 Å². The number of imide groups is 1. The predicted molar refractivity (Wildman–Crippen MR) is 59.5 cm³/mol. The Labute approximate surface area is 98.9 Å². The lowest BCUT2D eigenvalue weighted by molar-refractivity contribution is 0.120. The molecule has 2 rings (SSSR count). The molecule has 0 N–H and O–H groups in total. The van der Waals surface area contributed by atoms with Gasteiger partial charge in [0.05, 0.1) is 13.2 Å². The largest absolute Gasteiger partial charge is 0.452 e. The number of carbonyl (C=O) groups is 2. The number of hydrogen-bond acceptors (Lipinski definition) is 4. The van der Waals surface area contributed by atoms with E-state index in [2.05, 4.69) is 4.74 Å². The van der Waals surface area contributed by atoms with Crippen molar-refractivity contribution >= 4 is 12.2 Å². The highest BCUT2D eigenvalue weighted by Gasteiger charge is 2.38. The van der Waals surface area contributed by atoms with Crippen molar-refractivity contribution in [1.82, 2.24) is 4.90 Å². The topological polar surface area (TPSA) is 55.8 Å². The van der Waals surface area contributed by atoms with Crippen LogP contribution in [0.4, 0.5) is 9.59 Å². The molecular weight excluding hydrogens is 222 g/mol. The molecule has 1 heterocycles. The Hall–Kier alpha value is -2.04. The van der Waals surface area contributed by atoms with Crippen LogP contribution < -0.4 is 0 Å². The van der Waals surface area contributed by atoms with Gasteiger partial charge in [0.1, 0.15) is 6.61 Å². The van der Waals surface area contributed by atoms with Gasteiger partial charge in [0.25, 0.3) is 0 Å². The zero-order chi connectivity index (χ0) is 12.3. The van der Waals surface area contributed by atoms with Gasteiger partial charge in [-0.3, -0.25) is 0 Å². The summed E-state index contributed by atoms with van der Waals surface area (Å²) in [6, 6.07) is 9.33. The van der Waals surface area contributed by atoms with E-state index < -0.39 is 12.2 Å². The number of ether oxygens (including phenoxy) is 2. The Morgan fingerprint density at radius 2 is 2.18 bits per heavy atom. The van der Waals surface area contributed by atoms with E-state index in [1.165, 1.54) is 7.11 Å². The van der Waals surface area contributed by atoms with Crippen LogP contribution >= 0.6 is 0 Å². The van der Waals surface area contributed by atoms with Gasteiger partial charge in [0.2, 0.25) is 0 Å². The first-order valence-electron chi connectivity index (χ1n) is 5.30. The zero-order valence-electron chi connectivity index (χ0n) is 9.46. The Bertz CT molecular complexity index is 418. The summed E-state index contributed by atoms with van der Waals surface area (Å²) in [5, 5.41) is 0. The van der Waals surface area contributed by atoms with Gasteiger partial charge in [-0.05, 0) is 12.0 Å². The zero-order valence-corrected chi connectivity index (χ0v) is 9.46. The summed E-state index contributed by atoms with van der Waals surface area (Å²) < 4.78 is 9.42. The van der Waals surface area contributed by atoms with Crippen LogP contribution in [-0.4, -0.2) is 36.8 Å². The van der Waals surface area contributed by atoms with Crippen LogP contribution in [0.1, 0.15) is 5.56 Å². The number of methoxy groups -OCH3 is 1. The molecule has 17 heavy (non-hydrogen) atoms. The molecule has 5 nitrogen and oxygen atoms in total. The van der Waals surface area contributed by atoms with E-state index in [1.807, 2.05) is 30.3 Å². The van der Waals surface area contributed by atoms with Crippen molar-refractivity contribution in [2.75, 3.05) is 13.7 Å². The van der Waals surface area contributed by atoms with E-state index >= 15 is 0 Å². The SMILES string of the molecule is COC(=O)N1C(=O)OC[C@@H]1Cc1ccccc1. The van der Waals surface area contributed by atoms with Crippen molar-refractivity contribution in [3.8, 4) is 0 Å². The van der Waals surface area contributed by atoms with Gasteiger partial charge in [0.15, 0.2) is 0 Å². The molecule has 0 aromatic heterocycles. The quantitative estimate of drug-likeness (QED) is 0.784. The normalized spacial score (nSPS) is 19.0. The molecule has 0 unspecified atom stereocenters. The van der Waals surface area contributed by atoms with Gasteiger partial charge in [0, 0.05) is 0 Å². The Morgan fingerprint density at radius 1 is 1.47 bits per heavy atom. The van der Waals surface area contributed by atoms with E-state index in [0.29, 0.717) is 6.42 Å². The van der Waals surface area contributed by atoms with Gasteiger partial charge in [-0.1, -0.05) is 30.3 Å². The number of cyclic esters (lactones) is 1. The van der Waals surface area contributed by atoms with E-state index in [-0.39, 0.29) is 12.6 Å². The molecule has 0 saturated carbocycles. The molecule has 1 aliphatic rings. The molecule has 1 aliphatic heterocycles. The van der Waals surface area contributed by atoms with Gasteiger partial charge in [-0.15, -0.1) is 0 Å². The minimum Gasteiger partial charge on any atom is -0.452 e. The number of amides is 2. The van der Waals surface area contributed by atoms with Gasteiger partial charge >= 0.3 is 12.2 Å². The number of benzene rings is 1. The fourth-order valence-corrected chi connectivity index (χ4v) is 1.82. The number of nitrogens with zero attached hydrogens (tertiary/aromatic N) is 1. The molecule has 5 heteroatoms. The third kappa shape index (κ3) is 2.38. The third-order valence-corrected chi connectivity index (χ3v) is 2.65. The maximum Gasteiger partial charge on any atom is 0.419 e. The molecule has 0 spiro atoms. The molecule has 90 valence electrons. The van der Waals surface area contributed by atoms with Crippen molar-refractivity contribution in [2.45, 2.75) is 12.5 Å². The van der Waals surface area contributed by atoms with E-state index in [4.69, 9.17) is 4.74 Å². The summed E-state index contributed by atoms with van der Waals surface area (Å²) in [6.45, 7) is 0.211. The van der Waals surface area contributed by atoms with E-state index in [0.717, 1.165) is 10.5 Å². The molecule has 1 saturated heterocycles. The first-order chi connectivity index (χ1) is 8.22. The summed E-state index contributed by atoms with van der Waals surface area (Å²) in [5.74, 6) is 0. The van der Waals surface area contributed by atoms with Crippen LogP contribution in [0.2, 0.25) is 0 Å². The Morgan fingerprint density at radius 3 is 2.82 bits per heavy atom. The molecular formula is C12H13NO4. The molecule has 0 aliphatic carbocycles. The standard InChI is InChI=1S/C12H13NO4/c1-16-11(14)13-10(8-17-12(13)15)7-9-5-3-2-4-6-9/h2-6,10H,7-8H2,1H3/t10-/m0/s1. The number of rotatable bonds is 2. The minimum absolute atomic E-state index is 0.211. The van der Waals surface area contributed by atoms with Crippen molar-refractivity contribution in [3.05, 3.63) is 35.9 Å². The summed E-state index contributed by atoms with van der Waals surface area (Å²) in [6.07, 6.45) is -0.743. The van der Waals surface area contributed by atoms with Crippen LogP contribution in [-0.2, 0) is 15.9 Å². The Kier molecular flexibility index (Phi) is 3.27. The molecule has 2 amide bonds. The minimum atomic E-state index is -0.673. The fourth-order valence-electron chi connectivity index (χ4n) is 1.82. The van der Waals surface area contributed by atoms with Gasteiger partial charge < -0.3 is 9.47 Å². The molecule has 0 radical (unpaired) electrons. The van der Waals surface area contributed by atoms with Gasteiger partial charge in [-0.2, -0.15) is 0 Å². The summed E-state index contributed by atoms with van der Waals surface area (Å²) in [4.78, 5) is 23.8. The van der Waals surface area contributed by atoms with Crippen molar-refractivity contribution in [3.63, 3.8) is 0 Å². The second kappa shape index (κ2) is 4.86. The first-order valence-corrected chi connectivity index (χ1v) is 5.30. The molecule has 1 atom stereocenters. The van der Waals surface area contributed by atoms with E-state index in [1.54, 1.807) is 0 Å². The van der Waals surface area contributed by atoms with Crippen LogP contribution in [0, 0.1) is 0 Å². The molecule has 1 aromatic rings. The van der Waals surface area contributed by atoms with E-state index in [9.17, 15) is 9.59 Å². The lowest BCUT2D eigenvalue weighted by atomic mass is 10.1. The Balaban J connectivity index is 2.10. The lowest BCUT2D eigenvalue weighted by Crippen LogP contribution is -2.40. The van der Waals surface area contributed by atoms with Crippen molar-refractivity contribution in [2.24, 2.45) is 0 Å². The summed E-state index contributed by atoms with van der Waals surface area (Å²) in [5.41, 5.74) is 1.05. The highest BCUT2D eigenvalue weighted by Crippen LogP contribution is 2.17.